The zero-order valence-corrected chi connectivity index (χ0v) is 8.30. The predicted octanol–water partition coefficient (Wildman–Crippen LogP) is 2.83. The van der Waals surface area contributed by atoms with E-state index in [0.717, 1.165) is 16.9 Å². The molecule has 1 heterocycles. The lowest BCUT2D eigenvalue weighted by Crippen LogP contribution is -1.86. The average molecular weight is 196 g/mol. The highest BCUT2D eigenvalue weighted by atomic mass is 14.7. The first-order valence-electron chi connectivity index (χ1n) is 4.79. The molecule has 0 aliphatic rings. The number of anilines is 1. The van der Waals surface area contributed by atoms with Gasteiger partial charge < -0.3 is 5.73 Å². The van der Waals surface area contributed by atoms with Gasteiger partial charge in [0.15, 0.2) is 0 Å². The molecule has 0 radical (unpaired) electrons. The van der Waals surface area contributed by atoms with Crippen molar-refractivity contribution in [2.45, 2.75) is 0 Å². The summed E-state index contributed by atoms with van der Waals surface area (Å²) < 4.78 is 0. The van der Waals surface area contributed by atoms with E-state index >= 15 is 0 Å². The first kappa shape index (κ1) is 9.46. The minimum atomic E-state index is 0.734. The van der Waals surface area contributed by atoms with Gasteiger partial charge in [-0.25, -0.2) is 0 Å². The van der Waals surface area contributed by atoms with Crippen LogP contribution in [0.4, 0.5) is 5.69 Å². The monoisotopic (exact) mass is 196 g/mol. The summed E-state index contributed by atoms with van der Waals surface area (Å²) >= 11 is 0. The van der Waals surface area contributed by atoms with Crippen LogP contribution in [0.5, 0.6) is 0 Å². The lowest BCUT2D eigenvalue weighted by molar-refractivity contribution is 1.30. The number of hydrogen-bond donors (Lipinski definition) is 1. The summed E-state index contributed by atoms with van der Waals surface area (Å²) in [5.74, 6) is 0. The second-order valence-corrected chi connectivity index (χ2v) is 3.26. The molecule has 0 fully saturated rings. The van der Waals surface area contributed by atoms with Crippen LogP contribution in [0.25, 0.3) is 12.2 Å². The molecular weight excluding hydrogens is 184 g/mol. The van der Waals surface area contributed by atoms with Crippen LogP contribution in [0.15, 0.2) is 48.7 Å². The summed E-state index contributed by atoms with van der Waals surface area (Å²) in [6.45, 7) is 0. The van der Waals surface area contributed by atoms with Crippen molar-refractivity contribution in [1.82, 2.24) is 4.98 Å². The molecule has 15 heavy (non-hydrogen) atoms. The summed E-state index contributed by atoms with van der Waals surface area (Å²) in [4.78, 5) is 4.19. The molecule has 0 amide bonds. The maximum absolute atomic E-state index is 5.65. The summed E-state index contributed by atoms with van der Waals surface area (Å²) in [5.41, 5.74) is 8.42. The minimum Gasteiger partial charge on any atom is -0.399 e. The van der Waals surface area contributed by atoms with Crippen LogP contribution >= 0.6 is 0 Å². The Kier molecular flexibility index (Phi) is 2.79. The highest BCUT2D eigenvalue weighted by molar-refractivity contribution is 5.68. The highest BCUT2D eigenvalue weighted by Gasteiger charge is 1.89. The third kappa shape index (κ3) is 2.68. The predicted molar refractivity (Wildman–Crippen MR) is 64.0 cm³/mol. The molecule has 0 aliphatic heterocycles. The first-order valence-corrected chi connectivity index (χ1v) is 4.79. The van der Waals surface area contributed by atoms with Crippen molar-refractivity contribution < 1.29 is 0 Å². The van der Waals surface area contributed by atoms with E-state index in [1.165, 1.54) is 0 Å². The van der Waals surface area contributed by atoms with E-state index < -0.39 is 0 Å². The van der Waals surface area contributed by atoms with Gasteiger partial charge in [-0.2, -0.15) is 0 Å². The summed E-state index contributed by atoms with van der Waals surface area (Å²) in [6, 6.07) is 13.7. The van der Waals surface area contributed by atoms with Crippen LogP contribution in [-0.2, 0) is 0 Å². The summed E-state index contributed by atoms with van der Waals surface area (Å²) in [6.07, 6.45) is 5.67. The molecule has 0 spiro atoms. The third-order valence-corrected chi connectivity index (χ3v) is 2.05. The number of aromatic nitrogens is 1. The maximum Gasteiger partial charge on any atom is 0.0650 e. The molecule has 0 atom stereocenters. The summed E-state index contributed by atoms with van der Waals surface area (Å²) in [7, 11) is 0. The molecule has 1 aromatic heterocycles. The molecule has 2 nitrogen and oxygen atoms in total. The molecule has 0 unspecified atom stereocenters. The Hall–Kier alpha value is -2.09. The van der Waals surface area contributed by atoms with Crippen LogP contribution < -0.4 is 5.73 Å². The van der Waals surface area contributed by atoms with Crippen molar-refractivity contribution in [3.63, 3.8) is 0 Å². The Balaban J connectivity index is 2.19. The van der Waals surface area contributed by atoms with Gasteiger partial charge in [0.1, 0.15) is 0 Å². The number of nitrogens with two attached hydrogens (primary N) is 1. The van der Waals surface area contributed by atoms with Gasteiger partial charge in [0.05, 0.1) is 5.69 Å². The van der Waals surface area contributed by atoms with Gasteiger partial charge in [-0.3, -0.25) is 4.98 Å². The fourth-order valence-electron chi connectivity index (χ4n) is 1.30. The zero-order valence-electron chi connectivity index (χ0n) is 8.30. The lowest BCUT2D eigenvalue weighted by atomic mass is 10.2. The van der Waals surface area contributed by atoms with Gasteiger partial charge in [-0.1, -0.05) is 36.4 Å². The van der Waals surface area contributed by atoms with E-state index in [0.29, 0.717) is 0 Å². The van der Waals surface area contributed by atoms with Crippen molar-refractivity contribution in [3.05, 3.63) is 59.9 Å². The van der Waals surface area contributed by atoms with E-state index in [4.69, 9.17) is 5.73 Å². The number of pyridine rings is 1. The normalized spacial score (nSPS) is 10.7. The first-order chi connectivity index (χ1) is 7.34. The number of hydrogen-bond acceptors (Lipinski definition) is 2. The minimum absolute atomic E-state index is 0.734. The number of nitrogens with zero attached hydrogens (tertiary/aromatic N) is 1. The number of rotatable bonds is 2. The molecule has 2 rings (SSSR count). The molecule has 0 aliphatic carbocycles. The maximum atomic E-state index is 5.65. The van der Waals surface area contributed by atoms with Gasteiger partial charge in [0.25, 0.3) is 0 Å². The smallest absolute Gasteiger partial charge is 0.0650 e. The van der Waals surface area contributed by atoms with E-state index in [9.17, 15) is 0 Å². The Morgan fingerprint density at radius 2 is 1.80 bits per heavy atom. The van der Waals surface area contributed by atoms with Crippen molar-refractivity contribution in [1.29, 1.82) is 0 Å². The number of nitrogen functional groups attached to an aromatic ring is 1. The number of benzene rings is 1. The van der Waals surface area contributed by atoms with Gasteiger partial charge >= 0.3 is 0 Å². The van der Waals surface area contributed by atoms with Crippen molar-refractivity contribution >= 4 is 17.8 Å². The Labute approximate surface area is 89.1 Å². The van der Waals surface area contributed by atoms with Crippen LogP contribution in [-0.4, -0.2) is 4.98 Å². The topological polar surface area (TPSA) is 38.9 Å². The molecule has 0 bridgehead atoms. The third-order valence-electron chi connectivity index (χ3n) is 2.05. The molecule has 2 N–H and O–H groups in total. The Bertz CT molecular complexity index is 461. The van der Waals surface area contributed by atoms with Crippen LogP contribution in [0.1, 0.15) is 11.3 Å². The fourth-order valence-corrected chi connectivity index (χ4v) is 1.30. The SMILES string of the molecule is Nc1ccnc(/C=C/c2ccccc2)c1. The van der Waals surface area contributed by atoms with Crippen LogP contribution in [0.3, 0.4) is 0 Å². The van der Waals surface area contributed by atoms with Gasteiger partial charge in [-0.15, -0.1) is 0 Å². The molecular formula is C13H12N2. The van der Waals surface area contributed by atoms with Gasteiger partial charge in [0.2, 0.25) is 0 Å². The molecule has 1 aromatic carbocycles. The fraction of sp³-hybridized carbons (Fsp3) is 0. The Morgan fingerprint density at radius 1 is 1.00 bits per heavy atom. The average Bonchev–Trinajstić information content (AvgIpc) is 2.28. The molecule has 2 heteroatoms. The van der Waals surface area contributed by atoms with Crippen LogP contribution in [0.2, 0.25) is 0 Å². The second-order valence-electron chi connectivity index (χ2n) is 3.26. The molecule has 0 saturated heterocycles. The molecule has 0 saturated carbocycles. The van der Waals surface area contributed by atoms with E-state index in [1.54, 1.807) is 12.3 Å². The van der Waals surface area contributed by atoms with Gasteiger partial charge in [0, 0.05) is 11.9 Å². The lowest BCUT2D eigenvalue weighted by Gasteiger charge is -1.95. The standard InChI is InChI=1S/C13H12N2/c14-12-8-9-15-13(10-12)7-6-11-4-2-1-3-5-11/h1-10H,(H2,14,15)/b7-6+. The highest BCUT2D eigenvalue weighted by Crippen LogP contribution is 2.08. The molecule has 2 aromatic rings. The quantitative estimate of drug-likeness (QED) is 0.802. The Morgan fingerprint density at radius 3 is 2.53 bits per heavy atom. The van der Waals surface area contributed by atoms with E-state index in [1.807, 2.05) is 48.6 Å². The largest absolute Gasteiger partial charge is 0.399 e. The van der Waals surface area contributed by atoms with E-state index in [2.05, 4.69) is 4.98 Å². The van der Waals surface area contributed by atoms with E-state index in [-0.39, 0.29) is 0 Å². The van der Waals surface area contributed by atoms with Crippen molar-refractivity contribution in [2.75, 3.05) is 5.73 Å². The van der Waals surface area contributed by atoms with Gasteiger partial charge in [-0.05, 0) is 23.8 Å². The zero-order chi connectivity index (χ0) is 10.5. The van der Waals surface area contributed by atoms with Crippen LogP contribution in [0, 0.1) is 0 Å². The van der Waals surface area contributed by atoms with Crippen molar-refractivity contribution in [2.24, 2.45) is 0 Å². The van der Waals surface area contributed by atoms with Crippen molar-refractivity contribution in [3.8, 4) is 0 Å². The summed E-state index contributed by atoms with van der Waals surface area (Å²) in [5, 5.41) is 0. The molecule has 74 valence electrons. The second kappa shape index (κ2) is 4.42.